The lowest BCUT2D eigenvalue weighted by molar-refractivity contribution is 0.960. The van der Waals surface area contributed by atoms with Crippen molar-refractivity contribution in [2.24, 2.45) is 9.98 Å². The SMILES string of the molecule is C=C(C)c1ccc(N)cc1.C=NC(C)/C(=N/CNc1ccc(C(=C)C)cc1)Nc1ccc(C(=C)CC)cc1. The number of hydrogen-bond donors (Lipinski definition) is 3. The molecule has 1 unspecified atom stereocenters. The number of nitrogens with zero attached hydrogens (tertiary/aromatic N) is 2. The van der Waals surface area contributed by atoms with Crippen LogP contribution in [-0.4, -0.2) is 25.3 Å². The van der Waals surface area contributed by atoms with Crippen LogP contribution in [0.5, 0.6) is 0 Å². The van der Waals surface area contributed by atoms with Crippen molar-refractivity contribution in [3.63, 3.8) is 0 Å². The zero-order chi connectivity index (χ0) is 28.1. The van der Waals surface area contributed by atoms with Crippen LogP contribution in [0.4, 0.5) is 17.1 Å². The molecule has 0 aliphatic rings. The molecule has 0 spiro atoms. The Balaban J connectivity index is 0.000000423. The van der Waals surface area contributed by atoms with Crippen molar-refractivity contribution >= 4 is 46.3 Å². The molecule has 0 aromatic heterocycles. The minimum absolute atomic E-state index is 0.127. The standard InChI is InChI=1S/C24H30N4.C9H11N/c1-7-18(4)21-10-14-23(15-11-21)28-24(19(5)25-6)27-16-26-22-12-8-20(9-13-22)17(2)3;1-7(2)8-3-5-9(10)6-4-8/h8-15,19,26H,2,4,6-7,16H2,1,3,5H3,(H,27,28);3-6H,1,10H2,2H3. The fourth-order valence-electron chi connectivity index (χ4n) is 3.36. The number of rotatable bonds is 10. The van der Waals surface area contributed by atoms with Crippen molar-refractivity contribution in [3.8, 4) is 0 Å². The highest BCUT2D eigenvalue weighted by molar-refractivity contribution is 5.99. The average molecular weight is 508 g/mol. The predicted octanol–water partition coefficient (Wildman–Crippen LogP) is 8.41. The molecule has 4 N–H and O–H groups in total. The van der Waals surface area contributed by atoms with E-state index in [-0.39, 0.29) is 6.04 Å². The van der Waals surface area contributed by atoms with E-state index >= 15 is 0 Å². The van der Waals surface area contributed by atoms with Gasteiger partial charge in [0.15, 0.2) is 0 Å². The first-order valence-corrected chi connectivity index (χ1v) is 12.7. The van der Waals surface area contributed by atoms with Crippen LogP contribution in [0.15, 0.2) is 103 Å². The van der Waals surface area contributed by atoms with Crippen molar-refractivity contribution in [2.75, 3.05) is 23.0 Å². The highest BCUT2D eigenvalue weighted by Crippen LogP contribution is 2.19. The van der Waals surface area contributed by atoms with E-state index in [9.17, 15) is 0 Å². The molecule has 0 saturated heterocycles. The molecule has 1 atom stereocenters. The Bertz CT molecular complexity index is 1250. The van der Waals surface area contributed by atoms with Crippen LogP contribution in [-0.2, 0) is 0 Å². The third-order valence-corrected chi connectivity index (χ3v) is 5.98. The Morgan fingerprint density at radius 2 is 1.26 bits per heavy atom. The Morgan fingerprint density at radius 1 is 0.789 bits per heavy atom. The van der Waals surface area contributed by atoms with E-state index in [2.05, 4.69) is 66.1 Å². The number of aliphatic imine (C=N–C) groups is 2. The lowest BCUT2D eigenvalue weighted by Gasteiger charge is -2.15. The largest absolute Gasteiger partial charge is 0.399 e. The first-order chi connectivity index (χ1) is 18.1. The van der Waals surface area contributed by atoms with Gasteiger partial charge >= 0.3 is 0 Å². The maximum atomic E-state index is 5.50. The molecule has 3 rings (SSSR count). The van der Waals surface area contributed by atoms with Gasteiger partial charge in [0.25, 0.3) is 0 Å². The highest BCUT2D eigenvalue weighted by atomic mass is 15.1. The van der Waals surface area contributed by atoms with Gasteiger partial charge in [-0.25, -0.2) is 4.99 Å². The van der Waals surface area contributed by atoms with Crippen LogP contribution in [0.25, 0.3) is 16.7 Å². The molecule has 0 radical (unpaired) electrons. The molecule has 5 nitrogen and oxygen atoms in total. The second kappa shape index (κ2) is 15.0. The van der Waals surface area contributed by atoms with Crippen LogP contribution in [0.2, 0.25) is 0 Å². The van der Waals surface area contributed by atoms with Gasteiger partial charge in [0.1, 0.15) is 18.5 Å². The minimum atomic E-state index is -0.127. The molecule has 0 bridgehead atoms. The Hall–Kier alpha value is -4.38. The van der Waals surface area contributed by atoms with E-state index in [1.807, 2.05) is 81.4 Å². The minimum Gasteiger partial charge on any atom is -0.399 e. The summed E-state index contributed by atoms with van der Waals surface area (Å²) in [6, 6.07) is 23.9. The summed E-state index contributed by atoms with van der Waals surface area (Å²) in [5, 5.41) is 6.67. The molecular weight excluding hydrogens is 466 g/mol. The van der Waals surface area contributed by atoms with Crippen LogP contribution in [0, 0.1) is 0 Å². The number of hydrogen-bond acceptors (Lipinski definition) is 4. The van der Waals surface area contributed by atoms with Crippen LogP contribution < -0.4 is 16.4 Å². The van der Waals surface area contributed by atoms with Gasteiger partial charge in [-0.05, 0) is 92.6 Å². The fraction of sp³-hybridized carbons (Fsp3) is 0.212. The number of benzene rings is 3. The number of nitrogens with two attached hydrogens (primary N) is 1. The summed E-state index contributed by atoms with van der Waals surface area (Å²) in [6.45, 7) is 24.0. The molecule has 3 aromatic carbocycles. The molecule has 3 aromatic rings. The van der Waals surface area contributed by atoms with Gasteiger partial charge in [0.05, 0.1) is 0 Å². The third-order valence-electron chi connectivity index (χ3n) is 5.98. The maximum Gasteiger partial charge on any atom is 0.127 e. The summed E-state index contributed by atoms with van der Waals surface area (Å²) < 4.78 is 0. The molecule has 5 heteroatoms. The number of nitrogen functional groups attached to an aromatic ring is 1. The topological polar surface area (TPSA) is 74.8 Å². The second-order valence-electron chi connectivity index (χ2n) is 9.16. The van der Waals surface area contributed by atoms with Crippen molar-refractivity contribution in [3.05, 3.63) is 109 Å². The maximum absolute atomic E-state index is 5.50. The van der Waals surface area contributed by atoms with Crippen molar-refractivity contribution in [2.45, 2.75) is 40.2 Å². The van der Waals surface area contributed by atoms with E-state index in [1.54, 1.807) is 0 Å². The van der Waals surface area contributed by atoms with Crippen molar-refractivity contribution < 1.29 is 0 Å². The fourth-order valence-corrected chi connectivity index (χ4v) is 3.36. The molecular formula is C33H41N5. The molecule has 0 aliphatic heterocycles. The van der Waals surface area contributed by atoms with E-state index < -0.39 is 0 Å². The highest BCUT2D eigenvalue weighted by Gasteiger charge is 2.09. The van der Waals surface area contributed by atoms with E-state index in [0.717, 1.165) is 62.7 Å². The monoisotopic (exact) mass is 507 g/mol. The van der Waals surface area contributed by atoms with Crippen molar-refractivity contribution in [1.82, 2.24) is 0 Å². The predicted molar refractivity (Wildman–Crippen MR) is 171 cm³/mol. The average Bonchev–Trinajstić information content (AvgIpc) is 2.93. The molecule has 0 amide bonds. The number of anilines is 3. The number of allylic oxidation sites excluding steroid dienone is 3. The third kappa shape index (κ3) is 9.58. The molecule has 198 valence electrons. The van der Waals surface area contributed by atoms with Gasteiger partial charge in [-0.3, -0.25) is 4.99 Å². The lowest BCUT2D eigenvalue weighted by atomic mass is 10.1. The zero-order valence-corrected chi connectivity index (χ0v) is 23.2. The number of amidine groups is 1. The zero-order valence-electron chi connectivity index (χ0n) is 23.2. The Morgan fingerprint density at radius 3 is 1.74 bits per heavy atom. The van der Waals surface area contributed by atoms with Gasteiger partial charge in [0, 0.05) is 17.1 Å². The summed E-state index contributed by atoms with van der Waals surface area (Å²) in [4.78, 5) is 8.75. The van der Waals surface area contributed by atoms with Gasteiger partial charge in [0.2, 0.25) is 0 Å². The quantitative estimate of drug-likeness (QED) is 0.146. The van der Waals surface area contributed by atoms with Crippen LogP contribution in [0.3, 0.4) is 0 Å². The van der Waals surface area contributed by atoms with Gasteiger partial charge < -0.3 is 16.4 Å². The lowest BCUT2D eigenvalue weighted by Crippen LogP contribution is -2.25. The van der Waals surface area contributed by atoms with E-state index in [0.29, 0.717) is 6.67 Å². The number of nitrogens with one attached hydrogen (secondary N) is 2. The van der Waals surface area contributed by atoms with Gasteiger partial charge in [-0.1, -0.05) is 74.2 Å². The normalized spacial score (nSPS) is 11.4. The molecule has 0 saturated carbocycles. The van der Waals surface area contributed by atoms with Crippen LogP contribution >= 0.6 is 0 Å². The van der Waals surface area contributed by atoms with E-state index in [1.165, 1.54) is 0 Å². The van der Waals surface area contributed by atoms with Gasteiger partial charge in [-0.2, -0.15) is 0 Å². The van der Waals surface area contributed by atoms with Gasteiger partial charge in [-0.15, -0.1) is 0 Å². The summed E-state index contributed by atoms with van der Waals surface area (Å²) >= 11 is 0. The second-order valence-corrected chi connectivity index (χ2v) is 9.16. The summed E-state index contributed by atoms with van der Waals surface area (Å²) in [7, 11) is 0. The smallest absolute Gasteiger partial charge is 0.127 e. The molecule has 0 heterocycles. The van der Waals surface area contributed by atoms with E-state index in [4.69, 9.17) is 5.73 Å². The molecule has 0 fully saturated rings. The van der Waals surface area contributed by atoms with Crippen molar-refractivity contribution in [1.29, 1.82) is 0 Å². The Kier molecular flexibility index (Phi) is 11.8. The summed E-state index contributed by atoms with van der Waals surface area (Å²) in [5.74, 6) is 0.767. The Labute approximate surface area is 228 Å². The summed E-state index contributed by atoms with van der Waals surface area (Å²) in [6.07, 6.45) is 0.940. The molecule has 38 heavy (non-hydrogen) atoms. The first kappa shape index (κ1) is 29.8. The van der Waals surface area contributed by atoms with Crippen LogP contribution in [0.1, 0.15) is 50.8 Å². The summed E-state index contributed by atoms with van der Waals surface area (Å²) in [5.41, 5.74) is 15.0. The molecule has 0 aliphatic carbocycles. The first-order valence-electron chi connectivity index (χ1n) is 12.7.